The van der Waals surface area contributed by atoms with Crippen LogP contribution in [0.2, 0.25) is 0 Å². The molecule has 1 aliphatic carbocycles. The van der Waals surface area contributed by atoms with Gasteiger partial charge in [-0.05, 0) is 49.9 Å². The largest absolute Gasteiger partial charge is 0.493 e. The normalized spacial score (nSPS) is 17.0. The molecule has 1 aromatic heterocycles. The Morgan fingerprint density at radius 1 is 0.971 bits per heavy atom. The topological polar surface area (TPSA) is 65.8 Å². The molecule has 0 N–H and O–H groups in total. The highest BCUT2D eigenvalue weighted by molar-refractivity contribution is 5.95. The molecule has 2 aliphatic rings. The molecular formula is C26H30FN3O4. The summed E-state index contributed by atoms with van der Waals surface area (Å²) < 4.78 is 32.4. The lowest BCUT2D eigenvalue weighted by Gasteiger charge is -2.35. The number of methoxy groups -OCH3 is 3. The van der Waals surface area contributed by atoms with Crippen molar-refractivity contribution in [2.24, 2.45) is 0 Å². The minimum absolute atomic E-state index is 0.0607. The number of aromatic nitrogens is 2. The van der Waals surface area contributed by atoms with Gasteiger partial charge >= 0.3 is 0 Å². The fraction of sp³-hybridized carbons (Fsp3) is 0.462. The second kappa shape index (κ2) is 9.16. The maximum atomic E-state index is 13.9. The van der Waals surface area contributed by atoms with Gasteiger partial charge in [0.2, 0.25) is 5.75 Å². The lowest BCUT2D eigenvalue weighted by Crippen LogP contribution is -2.39. The van der Waals surface area contributed by atoms with Crippen molar-refractivity contribution in [3.8, 4) is 17.2 Å². The van der Waals surface area contributed by atoms with Gasteiger partial charge in [0, 0.05) is 36.7 Å². The number of rotatable bonds is 6. The van der Waals surface area contributed by atoms with Crippen LogP contribution in [0.5, 0.6) is 17.2 Å². The van der Waals surface area contributed by atoms with Gasteiger partial charge in [-0.25, -0.2) is 9.37 Å². The third kappa shape index (κ3) is 3.85. The summed E-state index contributed by atoms with van der Waals surface area (Å²) in [5.74, 6) is 2.57. The van der Waals surface area contributed by atoms with Gasteiger partial charge < -0.3 is 23.7 Å². The Balaban J connectivity index is 1.38. The zero-order valence-electron chi connectivity index (χ0n) is 19.8. The maximum absolute atomic E-state index is 13.9. The first-order chi connectivity index (χ1) is 16.5. The van der Waals surface area contributed by atoms with E-state index in [1.807, 2.05) is 11.0 Å². The molecule has 8 heteroatoms. The SMILES string of the molecule is COc1cc(C(=O)N2CCC(n3c(C4CCC4)nc4cc(F)ccc43)CC2)cc(OC)c1OC. The summed E-state index contributed by atoms with van der Waals surface area (Å²) in [6.07, 6.45) is 5.11. The Morgan fingerprint density at radius 2 is 1.65 bits per heavy atom. The van der Waals surface area contributed by atoms with Crippen molar-refractivity contribution in [2.45, 2.75) is 44.1 Å². The zero-order valence-corrected chi connectivity index (χ0v) is 19.8. The van der Waals surface area contributed by atoms with Crippen LogP contribution < -0.4 is 14.2 Å². The Labute approximate surface area is 198 Å². The molecule has 0 atom stereocenters. The van der Waals surface area contributed by atoms with Crippen LogP contribution in [-0.2, 0) is 0 Å². The van der Waals surface area contributed by atoms with E-state index in [0.29, 0.717) is 41.8 Å². The number of piperidine rings is 1. The van der Waals surface area contributed by atoms with Crippen molar-refractivity contribution in [2.75, 3.05) is 34.4 Å². The van der Waals surface area contributed by atoms with Gasteiger partial charge in [-0.3, -0.25) is 4.79 Å². The van der Waals surface area contributed by atoms with Gasteiger partial charge in [0.1, 0.15) is 11.6 Å². The van der Waals surface area contributed by atoms with Crippen molar-refractivity contribution in [3.05, 3.63) is 47.5 Å². The third-order valence-electron chi connectivity index (χ3n) is 7.18. The molecule has 0 spiro atoms. The third-order valence-corrected chi connectivity index (χ3v) is 7.18. The van der Waals surface area contributed by atoms with Crippen LogP contribution >= 0.6 is 0 Å². The fourth-order valence-electron chi connectivity index (χ4n) is 5.14. The summed E-state index contributed by atoms with van der Waals surface area (Å²) >= 11 is 0. The van der Waals surface area contributed by atoms with Gasteiger partial charge in [0.05, 0.1) is 32.4 Å². The monoisotopic (exact) mass is 467 g/mol. The first-order valence-corrected chi connectivity index (χ1v) is 11.8. The predicted molar refractivity (Wildman–Crippen MR) is 127 cm³/mol. The van der Waals surface area contributed by atoms with E-state index in [1.165, 1.54) is 32.8 Å². The van der Waals surface area contributed by atoms with Crippen LogP contribution in [0, 0.1) is 5.82 Å². The van der Waals surface area contributed by atoms with Gasteiger partial charge in [-0.1, -0.05) is 6.42 Å². The first-order valence-electron chi connectivity index (χ1n) is 11.8. The van der Waals surface area contributed by atoms with Crippen molar-refractivity contribution < 1.29 is 23.4 Å². The zero-order chi connectivity index (χ0) is 23.8. The molecule has 1 saturated carbocycles. The van der Waals surface area contributed by atoms with Crippen molar-refractivity contribution in [3.63, 3.8) is 0 Å². The number of ether oxygens (including phenoxy) is 3. The van der Waals surface area contributed by atoms with Crippen LogP contribution in [0.25, 0.3) is 11.0 Å². The van der Waals surface area contributed by atoms with Crippen LogP contribution in [-0.4, -0.2) is 54.8 Å². The summed E-state index contributed by atoms with van der Waals surface area (Å²) in [5.41, 5.74) is 2.21. The van der Waals surface area contributed by atoms with Crippen molar-refractivity contribution >= 4 is 16.9 Å². The van der Waals surface area contributed by atoms with Crippen LogP contribution in [0.4, 0.5) is 4.39 Å². The molecule has 3 aromatic rings. The number of imidazole rings is 1. The Kier molecular flexibility index (Phi) is 6.06. The molecule has 2 heterocycles. The summed E-state index contributed by atoms with van der Waals surface area (Å²) in [5, 5.41) is 0. The molecular weight excluding hydrogens is 437 g/mol. The Bertz CT molecular complexity index is 1190. The lowest BCUT2D eigenvalue weighted by atomic mass is 9.84. The quantitative estimate of drug-likeness (QED) is 0.513. The molecule has 34 heavy (non-hydrogen) atoms. The number of nitrogens with zero attached hydrogens (tertiary/aromatic N) is 3. The highest BCUT2D eigenvalue weighted by atomic mass is 19.1. The molecule has 5 rings (SSSR count). The number of hydrogen-bond acceptors (Lipinski definition) is 5. The van der Waals surface area contributed by atoms with E-state index in [2.05, 4.69) is 4.57 Å². The number of carbonyl (C=O) groups is 1. The molecule has 1 aliphatic heterocycles. The average Bonchev–Trinajstić information content (AvgIpc) is 3.19. The first kappa shape index (κ1) is 22.5. The van der Waals surface area contributed by atoms with Gasteiger partial charge in [0.15, 0.2) is 11.5 Å². The molecule has 2 fully saturated rings. The molecule has 0 bridgehead atoms. The molecule has 1 amide bonds. The predicted octanol–water partition coefficient (Wildman–Crippen LogP) is 4.95. The van der Waals surface area contributed by atoms with Gasteiger partial charge in [-0.2, -0.15) is 0 Å². The van der Waals surface area contributed by atoms with Crippen LogP contribution in [0.1, 0.15) is 60.2 Å². The Morgan fingerprint density at radius 3 is 2.21 bits per heavy atom. The van der Waals surface area contributed by atoms with Crippen molar-refractivity contribution in [1.82, 2.24) is 14.5 Å². The summed E-state index contributed by atoms with van der Waals surface area (Å²) in [6.45, 7) is 1.26. The van der Waals surface area contributed by atoms with Crippen LogP contribution in [0.3, 0.4) is 0 Å². The maximum Gasteiger partial charge on any atom is 0.254 e. The summed E-state index contributed by atoms with van der Waals surface area (Å²) in [6, 6.07) is 8.50. The second-order valence-corrected chi connectivity index (χ2v) is 9.04. The minimum Gasteiger partial charge on any atom is -0.493 e. The van der Waals surface area contributed by atoms with E-state index >= 15 is 0 Å². The smallest absolute Gasteiger partial charge is 0.254 e. The summed E-state index contributed by atoms with van der Waals surface area (Å²) in [7, 11) is 4.62. The minimum atomic E-state index is -0.261. The fourth-order valence-corrected chi connectivity index (χ4v) is 5.14. The molecule has 0 radical (unpaired) electrons. The number of hydrogen-bond donors (Lipinski definition) is 0. The molecule has 2 aromatic carbocycles. The molecule has 1 saturated heterocycles. The van der Waals surface area contributed by atoms with E-state index in [4.69, 9.17) is 19.2 Å². The second-order valence-electron chi connectivity index (χ2n) is 9.04. The van der Waals surface area contributed by atoms with E-state index in [9.17, 15) is 9.18 Å². The number of benzene rings is 2. The number of amides is 1. The number of fused-ring (bicyclic) bond motifs is 1. The number of likely N-dealkylation sites (tertiary alicyclic amines) is 1. The lowest BCUT2D eigenvalue weighted by molar-refractivity contribution is 0.0693. The highest BCUT2D eigenvalue weighted by Crippen LogP contribution is 2.41. The molecule has 0 unspecified atom stereocenters. The van der Waals surface area contributed by atoms with Gasteiger partial charge in [-0.15, -0.1) is 0 Å². The van der Waals surface area contributed by atoms with Crippen molar-refractivity contribution in [1.29, 1.82) is 0 Å². The highest BCUT2D eigenvalue weighted by Gasteiger charge is 2.32. The van der Waals surface area contributed by atoms with Crippen LogP contribution in [0.15, 0.2) is 30.3 Å². The number of halogens is 1. The van der Waals surface area contributed by atoms with E-state index in [1.54, 1.807) is 19.2 Å². The molecule has 7 nitrogen and oxygen atoms in total. The van der Waals surface area contributed by atoms with E-state index < -0.39 is 0 Å². The Hall–Kier alpha value is -3.29. The van der Waals surface area contributed by atoms with Gasteiger partial charge in [0.25, 0.3) is 5.91 Å². The average molecular weight is 468 g/mol. The standard InChI is InChI=1S/C26H30FN3O4/c1-32-22-13-17(14-23(33-2)24(22)34-3)26(31)29-11-9-19(10-12-29)30-21-8-7-18(27)15-20(21)28-25(30)16-5-4-6-16/h7-8,13-16,19H,4-6,9-12H2,1-3H3. The number of carbonyl (C=O) groups excluding carboxylic acids is 1. The van der Waals surface area contributed by atoms with E-state index in [0.717, 1.165) is 42.5 Å². The van der Waals surface area contributed by atoms with E-state index in [-0.39, 0.29) is 17.8 Å². The molecule has 180 valence electrons. The summed E-state index contributed by atoms with van der Waals surface area (Å²) in [4.78, 5) is 20.0.